The highest BCUT2D eigenvalue weighted by Gasteiger charge is 2.73. The maximum Gasteiger partial charge on any atom is 0.176 e. The third-order valence-electron chi connectivity index (χ3n) is 6.39. The first-order valence-electron chi connectivity index (χ1n) is 9.73. The van der Waals surface area contributed by atoms with Gasteiger partial charge in [0.2, 0.25) is 0 Å². The maximum atomic E-state index is 12.2. The summed E-state index contributed by atoms with van der Waals surface area (Å²) in [5, 5.41) is 32.6. The normalized spacial score (nSPS) is 28.9. The van der Waals surface area contributed by atoms with Gasteiger partial charge in [-0.25, -0.2) is 0 Å². The lowest BCUT2D eigenvalue weighted by molar-refractivity contribution is -0.150. The van der Waals surface area contributed by atoms with Crippen LogP contribution < -0.4 is 9.47 Å². The first-order valence-corrected chi connectivity index (χ1v) is 9.73. The third-order valence-corrected chi connectivity index (χ3v) is 6.39. The molecule has 6 heteroatoms. The molecule has 5 rings (SSSR count). The molecule has 0 spiro atoms. The summed E-state index contributed by atoms with van der Waals surface area (Å²) in [6.45, 7) is 0. The minimum absolute atomic E-state index is 0.297. The van der Waals surface area contributed by atoms with Crippen molar-refractivity contribution >= 4 is 0 Å². The molecule has 1 aliphatic carbocycles. The van der Waals surface area contributed by atoms with E-state index in [0.717, 1.165) is 5.56 Å². The highest BCUT2D eigenvalue weighted by Crippen LogP contribution is 2.67. The number of methoxy groups -OCH3 is 1. The number of rotatable bonds is 3. The number of aromatic nitrogens is 1. The van der Waals surface area contributed by atoms with Gasteiger partial charge in [0.1, 0.15) is 11.5 Å². The number of nitrogens with zero attached hydrogens (tertiary/aromatic N) is 2. The van der Waals surface area contributed by atoms with E-state index in [1.165, 1.54) is 19.5 Å². The molecule has 0 amide bonds. The summed E-state index contributed by atoms with van der Waals surface area (Å²) in [6, 6.07) is 18.8. The lowest BCUT2D eigenvalue weighted by Crippen LogP contribution is -2.52. The average molecular weight is 400 g/mol. The highest BCUT2D eigenvalue weighted by molar-refractivity contribution is 5.58. The van der Waals surface area contributed by atoms with Crippen LogP contribution in [0.25, 0.3) is 0 Å². The number of benzene rings is 2. The molecule has 2 unspecified atom stereocenters. The fourth-order valence-electron chi connectivity index (χ4n) is 5.11. The van der Waals surface area contributed by atoms with Gasteiger partial charge in [-0.1, -0.05) is 42.5 Å². The molecule has 1 aromatic heterocycles. The van der Waals surface area contributed by atoms with E-state index in [1.54, 1.807) is 24.3 Å². The van der Waals surface area contributed by atoms with Gasteiger partial charge in [-0.05, 0) is 29.7 Å². The Morgan fingerprint density at radius 1 is 1.13 bits per heavy atom. The number of hydrogen-bond donors (Lipinski definition) is 2. The number of ether oxygens (including phenoxy) is 2. The van der Waals surface area contributed by atoms with Gasteiger partial charge in [0.25, 0.3) is 0 Å². The van der Waals surface area contributed by atoms with Gasteiger partial charge >= 0.3 is 0 Å². The van der Waals surface area contributed by atoms with Gasteiger partial charge in [0.05, 0.1) is 42.8 Å². The van der Waals surface area contributed by atoms with Crippen LogP contribution in [0.4, 0.5) is 0 Å². The Balaban J connectivity index is 1.81. The topological polar surface area (TPSA) is 95.6 Å². The second-order valence-electron chi connectivity index (χ2n) is 7.72. The number of nitriles is 1. The number of aliphatic hydroxyl groups excluding tert-OH is 1. The van der Waals surface area contributed by atoms with E-state index in [0.29, 0.717) is 34.6 Å². The van der Waals surface area contributed by atoms with Crippen molar-refractivity contribution in [2.75, 3.05) is 7.11 Å². The summed E-state index contributed by atoms with van der Waals surface area (Å²) in [5.74, 6) is 0.392. The highest BCUT2D eigenvalue weighted by atomic mass is 16.5. The molecule has 0 saturated heterocycles. The first-order chi connectivity index (χ1) is 14.6. The van der Waals surface area contributed by atoms with Crippen LogP contribution in [0.1, 0.15) is 34.6 Å². The molecule has 2 aromatic carbocycles. The molecule has 1 fully saturated rings. The molecule has 1 saturated carbocycles. The molecular weight excluding hydrogens is 380 g/mol. The van der Waals surface area contributed by atoms with Crippen LogP contribution in [-0.2, 0) is 11.2 Å². The molecule has 30 heavy (non-hydrogen) atoms. The Kier molecular flexibility index (Phi) is 4.07. The monoisotopic (exact) mass is 400 g/mol. The Bertz CT molecular complexity index is 1140. The van der Waals surface area contributed by atoms with E-state index >= 15 is 0 Å². The zero-order valence-electron chi connectivity index (χ0n) is 16.3. The summed E-state index contributed by atoms with van der Waals surface area (Å²) in [4.78, 5) is 4.17. The zero-order chi connectivity index (χ0) is 20.9. The van der Waals surface area contributed by atoms with E-state index in [9.17, 15) is 15.5 Å². The molecule has 0 bridgehead atoms. The van der Waals surface area contributed by atoms with Gasteiger partial charge < -0.3 is 19.7 Å². The quantitative estimate of drug-likeness (QED) is 0.702. The van der Waals surface area contributed by atoms with E-state index in [2.05, 4.69) is 11.1 Å². The molecule has 3 aromatic rings. The molecule has 6 nitrogen and oxygen atoms in total. The van der Waals surface area contributed by atoms with Crippen molar-refractivity contribution in [1.29, 1.82) is 5.26 Å². The zero-order valence-corrected chi connectivity index (χ0v) is 16.3. The predicted molar refractivity (Wildman–Crippen MR) is 108 cm³/mol. The second kappa shape index (κ2) is 6.56. The van der Waals surface area contributed by atoms with Crippen LogP contribution in [0.2, 0.25) is 0 Å². The van der Waals surface area contributed by atoms with E-state index < -0.39 is 17.3 Å². The first kappa shape index (κ1) is 18.6. The van der Waals surface area contributed by atoms with Crippen LogP contribution in [-0.4, -0.2) is 28.4 Å². The SMILES string of the molecule is COc1cncc2c1[C@]1(O)[C@H](O)CC(c3ccccc3)C1(c1ccc(C#N)cc1)O2. The van der Waals surface area contributed by atoms with Gasteiger partial charge in [0, 0.05) is 5.92 Å². The van der Waals surface area contributed by atoms with Gasteiger partial charge in [0.15, 0.2) is 11.2 Å². The lowest BCUT2D eigenvalue weighted by atomic mass is 9.71. The molecule has 4 atom stereocenters. The van der Waals surface area contributed by atoms with Crippen LogP contribution >= 0.6 is 0 Å². The van der Waals surface area contributed by atoms with Gasteiger partial charge in [-0.3, -0.25) is 4.98 Å². The van der Waals surface area contributed by atoms with Crippen molar-refractivity contribution in [3.05, 3.63) is 89.2 Å². The standard InChI is InChI=1S/C24H20N2O4/c1-29-19-13-26-14-20-22(19)23(28)21(27)11-18(16-5-3-2-4-6-16)24(23,30-20)17-9-7-15(12-25)8-10-17/h2-10,13-14,18,21,27-28H,11H2,1H3/t18?,21-,23-,24?/m1/s1. The minimum Gasteiger partial charge on any atom is -0.495 e. The summed E-state index contributed by atoms with van der Waals surface area (Å²) >= 11 is 0. The molecular formula is C24H20N2O4. The Labute approximate surface area is 174 Å². The summed E-state index contributed by atoms with van der Waals surface area (Å²) in [6.07, 6.45) is 2.24. The Morgan fingerprint density at radius 3 is 2.53 bits per heavy atom. The summed E-state index contributed by atoms with van der Waals surface area (Å²) in [5.41, 5.74) is -0.547. The molecule has 150 valence electrons. The lowest BCUT2D eigenvalue weighted by Gasteiger charge is -2.40. The number of pyridine rings is 1. The van der Waals surface area contributed by atoms with E-state index in [-0.39, 0.29) is 5.92 Å². The van der Waals surface area contributed by atoms with Crippen LogP contribution in [0.15, 0.2) is 67.0 Å². The predicted octanol–water partition coefficient (Wildman–Crippen LogP) is 2.99. The maximum absolute atomic E-state index is 12.2. The molecule has 1 aliphatic heterocycles. The molecule has 0 radical (unpaired) electrons. The third kappa shape index (κ3) is 2.22. The van der Waals surface area contributed by atoms with Crippen molar-refractivity contribution in [3.63, 3.8) is 0 Å². The minimum atomic E-state index is -1.76. The number of hydrogen-bond acceptors (Lipinski definition) is 6. The van der Waals surface area contributed by atoms with Crippen LogP contribution in [0.5, 0.6) is 11.5 Å². The Hall–Kier alpha value is -3.40. The average Bonchev–Trinajstić information content (AvgIpc) is 3.20. The van der Waals surface area contributed by atoms with Crippen LogP contribution in [0.3, 0.4) is 0 Å². The van der Waals surface area contributed by atoms with E-state index in [4.69, 9.17) is 9.47 Å². The van der Waals surface area contributed by atoms with Gasteiger partial charge in [-0.2, -0.15) is 5.26 Å². The largest absolute Gasteiger partial charge is 0.495 e. The molecule has 2 aliphatic rings. The second-order valence-corrected chi connectivity index (χ2v) is 7.72. The van der Waals surface area contributed by atoms with Crippen molar-refractivity contribution in [2.45, 2.75) is 29.6 Å². The molecule has 2 N–H and O–H groups in total. The van der Waals surface area contributed by atoms with Gasteiger partial charge in [-0.15, -0.1) is 0 Å². The van der Waals surface area contributed by atoms with Crippen molar-refractivity contribution in [2.24, 2.45) is 0 Å². The molecule has 2 heterocycles. The fraction of sp³-hybridized carbons (Fsp3) is 0.250. The van der Waals surface area contributed by atoms with Crippen molar-refractivity contribution in [3.8, 4) is 17.6 Å². The summed E-state index contributed by atoms with van der Waals surface area (Å²) < 4.78 is 12.0. The smallest absolute Gasteiger partial charge is 0.176 e. The Morgan fingerprint density at radius 2 is 1.87 bits per heavy atom. The number of fused-ring (bicyclic) bond motifs is 3. The number of aliphatic hydroxyl groups is 2. The fourth-order valence-corrected chi connectivity index (χ4v) is 5.11. The van der Waals surface area contributed by atoms with Crippen molar-refractivity contribution in [1.82, 2.24) is 4.98 Å². The van der Waals surface area contributed by atoms with E-state index in [1.807, 2.05) is 30.3 Å². The van der Waals surface area contributed by atoms with Crippen LogP contribution in [0, 0.1) is 11.3 Å². The van der Waals surface area contributed by atoms with Crippen molar-refractivity contribution < 1.29 is 19.7 Å². The summed E-state index contributed by atoms with van der Waals surface area (Å²) in [7, 11) is 1.50.